The second-order valence-electron chi connectivity index (χ2n) is 5.45. The van der Waals surface area contributed by atoms with Crippen molar-refractivity contribution in [2.45, 2.75) is 90.9 Å². The van der Waals surface area contributed by atoms with Crippen molar-refractivity contribution in [2.75, 3.05) is 12.3 Å². The van der Waals surface area contributed by atoms with Gasteiger partial charge in [-0.05, 0) is 32.4 Å². The van der Waals surface area contributed by atoms with Gasteiger partial charge in [0.25, 0.3) is 0 Å². The molecule has 0 amide bonds. The summed E-state index contributed by atoms with van der Waals surface area (Å²) >= 11 is 6.43. The summed E-state index contributed by atoms with van der Waals surface area (Å²) in [6, 6.07) is 0. The first-order chi connectivity index (χ1) is 8.81. The average Bonchev–Trinajstić information content (AvgIpc) is 2.38. The van der Waals surface area contributed by atoms with E-state index in [2.05, 4.69) is 13.8 Å². The Kier molecular flexibility index (Phi) is 21.8. The monoisotopic (exact) mass is 303 g/mol. The summed E-state index contributed by atoms with van der Waals surface area (Å²) in [4.78, 5) is 0. The van der Waals surface area contributed by atoms with Gasteiger partial charge in [-0.1, -0.05) is 89.3 Å². The Balaban J connectivity index is 0. The summed E-state index contributed by atoms with van der Waals surface area (Å²) in [6.07, 6.45) is 19.4. The Morgan fingerprint density at radius 1 is 0.579 bits per heavy atom. The number of hydrogen-bond donors (Lipinski definition) is 0. The summed E-state index contributed by atoms with van der Waals surface area (Å²) in [5.74, 6) is 0. The van der Waals surface area contributed by atoms with E-state index in [1.165, 1.54) is 89.4 Å². The van der Waals surface area contributed by atoms with Crippen LogP contribution in [0, 0.1) is 0 Å². The first-order valence-electron chi connectivity index (χ1n) is 8.22. The molecular weight excluding hydrogens is 269 g/mol. The van der Waals surface area contributed by atoms with Gasteiger partial charge in [-0.25, -0.2) is 0 Å². The Bertz CT molecular complexity index is 140. The van der Waals surface area contributed by atoms with Crippen LogP contribution < -0.4 is 0 Å². The molecular formula is C16H34BClP. The number of rotatable bonds is 14. The smallest absolute Gasteiger partial charge is 0 e. The molecule has 0 saturated carbocycles. The highest BCUT2D eigenvalue weighted by atomic mass is 35.7. The SMILES string of the molecule is CCCCCCCCP(Cl)CCCCCCCC.[B]. The summed E-state index contributed by atoms with van der Waals surface area (Å²) in [7, 11) is -0.157. The van der Waals surface area contributed by atoms with E-state index >= 15 is 0 Å². The van der Waals surface area contributed by atoms with Crippen molar-refractivity contribution in [3.63, 3.8) is 0 Å². The second kappa shape index (κ2) is 18.8. The standard InChI is InChI=1S/C16H34ClP.B/c1-3-5-7-9-11-13-15-18(17)16-14-12-10-8-6-4-2;/h3-16H2,1-2H3;. The molecule has 0 fully saturated rings. The van der Waals surface area contributed by atoms with Crippen LogP contribution in [0.1, 0.15) is 90.9 Å². The van der Waals surface area contributed by atoms with E-state index < -0.39 is 0 Å². The summed E-state index contributed by atoms with van der Waals surface area (Å²) in [6.45, 7) is 4.55. The lowest BCUT2D eigenvalue weighted by Gasteiger charge is -2.09. The second-order valence-corrected chi connectivity index (χ2v) is 8.70. The third kappa shape index (κ3) is 18.8. The highest BCUT2D eigenvalue weighted by Gasteiger charge is 2.03. The van der Waals surface area contributed by atoms with Gasteiger partial charge in [0.05, 0.1) is 0 Å². The molecule has 0 rings (SSSR count). The van der Waals surface area contributed by atoms with E-state index in [0.717, 1.165) is 0 Å². The van der Waals surface area contributed by atoms with Crippen molar-refractivity contribution in [3.05, 3.63) is 0 Å². The first kappa shape index (κ1) is 22.1. The molecule has 0 bridgehead atoms. The molecule has 0 atom stereocenters. The van der Waals surface area contributed by atoms with Gasteiger partial charge < -0.3 is 0 Å². The lowest BCUT2D eigenvalue weighted by atomic mass is 10.1. The molecule has 0 aromatic carbocycles. The molecule has 19 heavy (non-hydrogen) atoms. The summed E-state index contributed by atoms with van der Waals surface area (Å²) < 4.78 is 0. The molecule has 0 aliphatic rings. The van der Waals surface area contributed by atoms with Gasteiger partial charge >= 0.3 is 0 Å². The molecule has 0 nitrogen and oxygen atoms in total. The molecule has 0 aliphatic carbocycles. The zero-order chi connectivity index (χ0) is 13.5. The van der Waals surface area contributed by atoms with Gasteiger partial charge in [0.2, 0.25) is 0 Å². The molecule has 0 unspecified atom stereocenters. The van der Waals surface area contributed by atoms with Crippen LogP contribution in [0.4, 0.5) is 0 Å². The van der Waals surface area contributed by atoms with E-state index in [0.29, 0.717) is 0 Å². The minimum Gasteiger partial charge on any atom is -0.0964 e. The highest BCUT2D eigenvalue weighted by Crippen LogP contribution is 2.43. The normalized spacial score (nSPS) is 10.7. The van der Waals surface area contributed by atoms with Gasteiger partial charge in [0, 0.05) is 8.41 Å². The lowest BCUT2D eigenvalue weighted by molar-refractivity contribution is 0.622. The molecule has 0 heterocycles. The fraction of sp³-hybridized carbons (Fsp3) is 1.00. The lowest BCUT2D eigenvalue weighted by Crippen LogP contribution is -1.88. The molecule has 3 heteroatoms. The van der Waals surface area contributed by atoms with Crippen LogP contribution >= 0.6 is 18.5 Å². The van der Waals surface area contributed by atoms with Crippen molar-refractivity contribution in [3.8, 4) is 0 Å². The minimum absolute atomic E-state index is 0. The maximum absolute atomic E-state index is 6.43. The molecule has 0 aromatic rings. The third-order valence-electron chi connectivity index (χ3n) is 3.51. The van der Waals surface area contributed by atoms with Gasteiger partial charge in [0.15, 0.2) is 0 Å². The molecule has 0 aliphatic heterocycles. The molecule has 0 saturated heterocycles. The van der Waals surface area contributed by atoms with Crippen molar-refractivity contribution < 1.29 is 0 Å². The largest absolute Gasteiger partial charge is 0.0964 e. The molecule has 113 valence electrons. The fourth-order valence-electron chi connectivity index (χ4n) is 2.24. The molecule has 0 spiro atoms. The Morgan fingerprint density at radius 3 is 1.26 bits per heavy atom. The van der Waals surface area contributed by atoms with Crippen molar-refractivity contribution in [1.29, 1.82) is 0 Å². The maximum atomic E-state index is 6.43. The van der Waals surface area contributed by atoms with Crippen LogP contribution in [-0.4, -0.2) is 20.7 Å². The van der Waals surface area contributed by atoms with E-state index in [9.17, 15) is 0 Å². The van der Waals surface area contributed by atoms with Crippen molar-refractivity contribution in [1.82, 2.24) is 0 Å². The quantitative estimate of drug-likeness (QED) is 0.185. The Hall–Kier alpha value is 0.785. The predicted molar refractivity (Wildman–Crippen MR) is 95.0 cm³/mol. The first-order valence-corrected chi connectivity index (χ1v) is 10.8. The Labute approximate surface area is 130 Å². The maximum Gasteiger partial charge on any atom is 0 e. The van der Waals surface area contributed by atoms with Crippen LogP contribution in [0.3, 0.4) is 0 Å². The molecule has 3 radical (unpaired) electrons. The van der Waals surface area contributed by atoms with Crippen molar-refractivity contribution in [2.24, 2.45) is 0 Å². The summed E-state index contributed by atoms with van der Waals surface area (Å²) in [5, 5.41) is 0. The Morgan fingerprint density at radius 2 is 0.895 bits per heavy atom. The van der Waals surface area contributed by atoms with E-state index in [-0.39, 0.29) is 15.7 Å². The van der Waals surface area contributed by atoms with Crippen LogP contribution in [-0.2, 0) is 0 Å². The van der Waals surface area contributed by atoms with Crippen LogP contribution in [0.15, 0.2) is 0 Å². The van der Waals surface area contributed by atoms with Crippen LogP contribution in [0.2, 0.25) is 0 Å². The third-order valence-corrected chi connectivity index (χ3v) is 6.13. The van der Waals surface area contributed by atoms with Gasteiger partial charge in [-0.3, -0.25) is 0 Å². The van der Waals surface area contributed by atoms with Gasteiger partial charge in [-0.2, -0.15) is 0 Å². The molecule has 0 N–H and O–H groups in total. The number of unbranched alkanes of at least 4 members (excludes halogenated alkanes) is 10. The summed E-state index contributed by atoms with van der Waals surface area (Å²) in [5.41, 5.74) is 0. The van der Waals surface area contributed by atoms with E-state index in [1.54, 1.807) is 0 Å². The fourth-order valence-corrected chi connectivity index (χ4v) is 4.31. The van der Waals surface area contributed by atoms with E-state index in [1.807, 2.05) is 0 Å². The zero-order valence-electron chi connectivity index (χ0n) is 13.3. The average molecular weight is 304 g/mol. The zero-order valence-corrected chi connectivity index (χ0v) is 15.0. The highest BCUT2D eigenvalue weighted by molar-refractivity contribution is 7.83. The number of halogens is 1. The number of hydrogen-bond acceptors (Lipinski definition) is 0. The molecule has 0 aromatic heterocycles. The minimum atomic E-state index is -0.157. The van der Waals surface area contributed by atoms with Crippen molar-refractivity contribution >= 4 is 26.9 Å². The topological polar surface area (TPSA) is 0 Å². The predicted octanol–water partition coefficient (Wildman–Crippen LogP) is 6.96. The van der Waals surface area contributed by atoms with E-state index in [4.69, 9.17) is 11.2 Å². The van der Waals surface area contributed by atoms with Crippen LogP contribution in [0.25, 0.3) is 0 Å². The van der Waals surface area contributed by atoms with Gasteiger partial charge in [-0.15, -0.1) is 0 Å². The van der Waals surface area contributed by atoms with Crippen LogP contribution in [0.5, 0.6) is 0 Å². The van der Waals surface area contributed by atoms with Gasteiger partial charge in [0.1, 0.15) is 0 Å².